The minimum atomic E-state index is 0.101. The largest absolute Gasteiger partial charge is 0.370 e. The summed E-state index contributed by atoms with van der Waals surface area (Å²) in [5.41, 5.74) is 1.23. The molecule has 1 heterocycles. The number of aromatic nitrogens is 2. The van der Waals surface area contributed by atoms with Gasteiger partial charge in [-0.05, 0) is 46.5 Å². The zero-order valence-corrected chi connectivity index (χ0v) is 13.5. The summed E-state index contributed by atoms with van der Waals surface area (Å²) in [6, 6.07) is 0. The Balaban J connectivity index is 2.34. The lowest BCUT2D eigenvalue weighted by molar-refractivity contribution is 0.476. The molecule has 1 aliphatic carbocycles. The van der Waals surface area contributed by atoms with E-state index in [1.165, 1.54) is 12.8 Å². The Labute approximate surface area is 122 Å². The van der Waals surface area contributed by atoms with Crippen molar-refractivity contribution in [2.75, 3.05) is 17.2 Å². The molecule has 0 amide bonds. The summed E-state index contributed by atoms with van der Waals surface area (Å²) < 4.78 is 0. The van der Waals surface area contributed by atoms with Crippen molar-refractivity contribution in [3.63, 3.8) is 0 Å². The van der Waals surface area contributed by atoms with E-state index in [4.69, 9.17) is 9.97 Å². The minimum Gasteiger partial charge on any atom is -0.370 e. The molecule has 4 heteroatoms. The Morgan fingerprint density at radius 3 is 2.20 bits per heavy atom. The first-order valence-corrected chi connectivity index (χ1v) is 7.93. The minimum absolute atomic E-state index is 0.101. The van der Waals surface area contributed by atoms with Crippen LogP contribution >= 0.6 is 0 Å². The van der Waals surface area contributed by atoms with Crippen LogP contribution in [0.15, 0.2) is 0 Å². The van der Waals surface area contributed by atoms with Gasteiger partial charge in [0.15, 0.2) is 0 Å². The SMILES string of the molecule is CCNc1nc(C2CC2)nc(NC(C)(CC)CC)c1C. The van der Waals surface area contributed by atoms with E-state index < -0.39 is 0 Å². The quantitative estimate of drug-likeness (QED) is 0.787. The zero-order chi connectivity index (χ0) is 14.8. The van der Waals surface area contributed by atoms with Gasteiger partial charge in [-0.25, -0.2) is 9.97 Å². The molecule has 20 heavy (non-hydrogen) atoms. The van der Waals surface area contributed by atoms with Crippen LogP contribution in [0.1, 0.15) is 70.7 Å². The van der Waals surface area contributed by atoms with E-state index in [2.05, 4.69) is 45.3 Å². The Morgan fingerprint density at radius 2 is 1.70 bits per heavy atom. The van der Waals surface area contributed by atoms with Gasteiger partial charge in [-0.1, -0.05) is 13.8 Å². The normalized spacial score (nSPS) is 15.2. The smallest absolute Gasteiger partial charge is 0.136 e. The van der Waals surface area contributed by atoms with Gasteiger partial charge in [-0.15, -0.1) is 0 Å². The lowest BCUT2D eigenvalue weighted by Crippen LogP contribution is -2.34. The standard InChI is InChI=1S/C16H28N4/c1-6-16(5,7-2)20-14-11(4)13(17-8-3)18-15(19-14)12-9-10-12/h12H,6-10H2,1-5H3,(H2,17,18,19,20). The lowest BCUT2D eigenvalue weighted by Gasteiger charge is -2.30. The Morgan fingerprint density at radius 1 is 1.10 bits per heavy atom. The van der Waals surface area contributed by atoms with Crippen molar-refractivity contribution in [2.45, 2.75) is 71.8 Å². The van der Waals surface area contributed by atoms with E-state index in [0.717, 1.165) is 42.4 Å². The van der Waals surface area contributed by atoms with Crippen LogP contribution in [0.4, 0.5) is 11.6 Å². The number of hydrogen-bond donors (Lipinski definition) is 2. The van der Waals surface area contributed by atoms with Crippen molar-refractivity contribution in [2.24, 2.45) is 0 Å². The molecule has 0 unspecified atom stereocenters. The van der Waals surface area contributed by atoms with Crippen molar-refractivity contribution >= 4 is 11.6 Å². The summed E-state index contributed by atoms with van der Waals surface area (Å²) in [5.74, 6) is 3.57. The van der Waals surface area contributed by atoms with Crippen LogP contribution in [0.2, 0.25) is 0 Å². The molecule has 1 aromatic rings. The molecule has 1 fully saturated rings. The van der Waals surface area contributed by atoms with E-state index in [1.54, 1.807) is 0 Å². The van der Waals surface area contributed by atoms with Gasteiger partial charge < -0.3 is 10.6 Å². The highest BCUT2D eigenvalue weighted by Crippen LogP contribution is 2.40. The van der Waals surface area contributed by atoms with Crippen LogP contribution in [0.5, 0.6) is 0 Å². The summed E-state index contributed by atoms with van der Waals surface area (Å²) in [4.78, 5) is 9.50. The van der Waals surface area contributed by atoms with Gasteiger partial charge in [0, 0.05) is 23.6 Å². The van der Waals surface area contributed by atoms with E-state index in [0.29, 0.717) is 5.92 Å². The fourth-order valence-corrected chi connectivity index (χ4v) is 2.23. The molecule has 2 rings (SSSR count). The first-order chi connectivity index (χ1) is 9.53. The van der Waals surface area contributed by atoms with E-state index in [1.807, 2.05) is 0 Å². The highest BCUT2D eigenvalue weighted by molar-refractivity contribution is 5.58. The second-order valence-corrected chi connectivity index (χ2v) is 6.10. The third kappa shape index (κ3) is 3.22. The molecule has 0 aromatic carbocycles. The summed E-state index contributed by atoms with van der Waals surface area (Å²) in [6.45, 7) is 11.8. The second-order valence-electron chi connectivity index (χ2n) is 6.10. The van der Waals surface area contributed by atoms with E-state index >= 15 is 0 Å². The monoisotopic (exact) mass is 276 g/mol. The lowest BCUT2D eigenvalue weighted by atomic mass is 9.95. The molecule has 0 atom stereocenters. The maximum Gasteiger partial charge on any atom is 0.136 e. The molecule has 112 valence electrons. The summed E-state index contributed by atoms with van der Waals surface area (Å²) in [6.07, 6.45) is 4.63. The molecule has 0 saturated heterocycles. The van der Waals surface area contributed by atoms with Gasteiger partial charge in [0.2, 0.25) is 0 Å². The molecule has 0 bridgehead atoms. The molecule has 1 aromatic heterocycles. The maximum absolute atomic E-state index is 4.80. The van der Waals surface area contributed by atoms with Crippen molar-refractivity contribution < 1.29 is 0 Å². The van der Waals surface area contributed by atoms with Crippen molar-refractivity contribution in [3.05, 3.63) is 11.4 Å². The van der Waals surface area contributed by atoms with Crippen LogP contribution in [0.25, 0.3) is 0 Å². The maximum atomic E-state index is 4.80. The summed E-state index contributed by atoms with van der Waals surface area (Å²) >= 11 is 0. The fourth-order valence-electron chi connectivity index (χ4n) is 2.23. The molecule has 0 radical (unpaired) electrons. The van der Waals surface area contributed by atoms with Crippen molar-refractivity contribution in [1.82, 2.24) is 9.97 Å². The van der Waals surface area contributed by atoms with Crippen LogP contribution in [-0.4, -0.2) is 22.1 Å². The van der Waals surface area contributed by atoms with Gasteiger partial charge in [-0.3, -0.25) is 0 Å². The highest BCUT2D eigenvalue weighted by atomic mass is 15.1. The van der Waals surface area contributed by atoms with Gasteiger partial charge in [0.05, 0.1) is 0 Å². The molecule has 4 nitrogen and oxygen atoms in total. The molecule has 1 aliphatic rings. The second kappa shape index (κ2) is 5.98. The van der Waals surface area contributed by atoms with Crippen LogP contribution < -0.4 is 10.6 Å². The van der Waals surface area contributed by atoms with Crippen LogP contribution in [-0.2, 0) is 0 Å². The Kier molecular flexibility index (Phi) is 4.51. The number of anilines is 2. The van der Waals surface area contributed by atoms with Gasteiger partial charge in [-0.2, -0.15) is 0 Å². The van der Waals surface area contributed by atoms with E-state index in [-0.39, 0.29) is 5.54 Å². The van der Waals surface area contributed by atoms with Crippen LogP contribution in [0, 0.1) is 6.92 Å². The number of nitrogens with zero attached hydrogens (tertiary/aromatic N) is 2. The first kappa shape index (κ1) is 15.1. The third-order valence-electron chi connectivity index (χ3n) is 4.43. The predicted octanol–water partition coefficient (Wildman–Crippen LogP) is 4.08. The first-order valence-electron chi connectivity index (χ1n) is 7.93. The molecular formula is C16H28N4. The average Bonchev–Trinajstić information content (AvgIpc) is 3.27. The predicted molar refractivity (Wildman–Crippen MR) is 85.5 cm³/mol. The number of nitrogens with one attached hydrogen (secondary N) is 2. The Bertz CT molecular complexity index is 462. The molecule has 2 N–H and O–H groups in total. The third-order valence-corrected chi connectivity index (χ3v) is 4.43. The molecule has 0 aliphatic heterocycles. The van der Waals surface area contributed by atoms with E-state index in [9.17, 15) is 0 Å². The topological polar surface area (TPSA) is 49.8 Å². The molecular weight excluding hydrogens is 248 g/mol. The Hall–Kier alpha value is -1.32. The fraction of sp³-hybridized carbons (Fsp3) is 0.750. The summed E-state index contributed by atoms with van der Waals surface area (Å²) in [5, 5.41) is 7.02. The van der Waals surface area contributed by atoms with Crippen LogP contribution in [0.3, 0.4) is 0 Å². The number of rotatable bonds is 7. The molecule has 0 spiro atoms. The highest BCUT2D eigenvalue weighted by Gasteiger charge is 2.29. The zero-order valence-electron chi connectivity index (χ0n) is 13.5. The van der Waals surface area contributed by atoms with Gasteiger partial charge in [0.25, 0.3) is 0 Å². The van der Waals surface area contributed by atoms with Gasteiger partial charge >= 0.3 is 0 Å². The summed E-state index contributed by atoms with van der Waals surface area (Å²) in [7, 11) is 0. The molecule has 1 saturated carbocycles. The number of hydrogen-bond acceptors (Lipinski definition) is 4. The van der Waals surface area contributed by atoms with Crippen molar-refractivity contribution in [3.8, 4) is 0 Å². The average molecular weight is 276 g/mol. The van der Waals surface area contributed by atoms with Crippen molar-refractivity contribution in [1.29, 1.82) is 0 Å². The van der Waals surface area contributed by atoms with Gasteiger partial charge in [0.1, 0.15) is 17.5 Å².